The SMILES string of the molecule is CC(=O)NCC(C)C.CC1=NC(C)(C)C(C)(C)C1C.[I][V]([I])[I].[I][V][I]. The Balaban J connectivity index is -0.000000309. The first-order chi connectivity index (χ1) is 11.6. The Bertz CT molecular complexity index is 417. The van der Waals surface area contributed by atoms with Crippen molar-refractivity contribution in [2.75, 3.05) is 6.54 Å². The van der Waals surface area contributed by atoms with Crippen LogP contribution in [0.15, 0.2) is 4.99 Å². The monoisotopic (exact) mass is 1000 g/mol. The molecule has 0 fully saturated rings. The number of hydrogen-bond donors (Lipinski definition) is 1. The van der Waals surface area contributed by atoms with Crippen molar-refractivity contribution in [3.05, 3.63) is 0 Å². The van der Waals surface area contributed by atoms with E-state index in [2.05, 4.69) is 166 Å². The Morgan fingerprint density at radius 2 is 1.58 bits per heavy atom. The fraction of sp³-hybridized carbons (Fsp3) is 0.875. The van der Waals surface area contributed by atoms with E-state index in [1.165, 1.54) is 12.6 Å². The molecule has 3 nitrogen and oxygen atoms in total. The molecule has 1 aliphatic rings. The number of carbonyl (C=O) groups excluding carboxylic acids is 1. The van der Waals surface area contributed by atoms with Crippen molar-refractivity contribution < 1.29 is 19.2 Å². The van der Waals surface area contributed by atoms with Gasteiger partial charge < -0.3 is 5.32 Å². The summed E-state index contributed by atoms with van der Waals surface area (Å²) in [5.74, 6) is 1.23. The number of nitrogens with zero attached hydrogens (tertiary/aromatic N) is 1. The third-order valence-corrected chi connectivity index (χ3v) is 4.50. The van der Waals surface area contributed by atoms with Crippen LogP contribution < -0.4 is 5.32 Å². The van der Waals surface area contributed by atoms with E-state index in [0.717, 1.165) is 6.54 Å². The Kier molecular flexibility index (Phi) is 24.6. The maximum atomic E-state index is 10.2. The summed E-state index contributed by atoms with van der Waals surface area (Å²) in [6, 6.07) is 0. The van der Waals surface area contributed by atoms with Gasteiger partial charge >= 0.3 is 114 Å². The fourth-order valence-electron chi connectivity index (χ4n) is 2.08. The van der Waals surface area contributed by atoms with Gasteiger partial charge in [-0.1, -0.05) is 34.6 Å². The van der Waals surface area contributed by atoms with Gasteiger partial charge in [0.15, 0.2) is 0 Å². The summed E-state index contributed by atoms with van der Waals surface area (Å²) in [5, 5.41) is 2.71. The van der Waals surface area contributed by atoms with E-state index in [4.69, 9.17) is 0 Å². The first-order valence-electron chi connectivity index (χ1n) is 8.07. The van der Waals surface area contributed by atoms with E-state index in [0.29, 0.717) is 26.7 Å². The number of rotatable bonds is 2. The van der Waals surface area contributed by atoms with Crippen LogP contribution in [-0.4, -0.2) is 23.7 Å². The zero-order valence-corrected chi connectivity index (χ0v) is 30.6. The number of hydrogen-bond acceptors (Lipinski definition) is 2. The molecule has 1 amide bonds. The van der Waals surface area contributed by atoms with Crippen molar-refractivity contribution in [2.45, 2.75) is 67.9 Å². The van der Waals surface area contributed by atoms with Crippen LogP contribution in [0.25, 0.3) is 0 Å². The summed E-state index contributed by atoms with van der Waals surface area (Å²) < 4.78 is 0. The van der Waals surface area contributed by atoms with Crippen molar-refractivity contribution in [1.29, 1.82) is 0 Å². The van der Waals surface area contributed by atoms with E-state index < -0.39 is 0 Å². The Hall–Kier alpha value is 3.96. The third-order valence-electron chi connectivity index (χ3n) is 4.50. The second kappa shape index (κ2) is 18.5. The predicted octanol–water partition coefficient (Wildman–Crippen LogP) is 8.10. The van der Waals surface area contributed by atoms with Crippen LogP contribution in [0.3, 0.4) is 0 Å². The van der Waals surface area contributed by atoms with E-state index in [9.17, 15) is 4.79 Å². The van der Waals surface area contributed by atoms with Gasteiger partial charge in [-0.3, -0.25) is 9.79 Å². The molecule has 0 saturated carbocycles. The molecule has 0 spiro atoms. The van der Waals surface area contributed by atoms with E-state index in [1.807, 2.05) is 0 Å². The molecule has 1 N–H and O–H groups in total. The molecule has 1 atom stereocenters. The quantitative estimate of drug-likeness (QED) is 0.280. The molecule has 0 radical (unpaired) electrons. The summed E-state index contributed by atoms with van der Waals surface area (Å²) >= 11 is 12.1. The van der Waals surface area contributed by atoms with Crippen LogP contribution in [0, 0.1) is 17.3 Å². The molecule has 1 heterocycles. The molecule has 0 saturated heterocycles. The standard InChI is InChI=1S/C10H19N.C6H13NO.5HI.2V/c1-7-8(2)11-10(5,6)9(7,3)4;1-5(2)4-7-6(3)8;;;;;;;/h7H,1-6H3;5H,4H2,1-3H3,(H,7,8);5*1H;;/q;;;;;;;+2;+3/p-5. The van der Waals surface area contributed by atoms with Gasteiger partial charge in [0.1, 0.15) is 0 Å². The summed E-state index contributed by atoms with van der Waals surface area (Å²) in [6.45, 7) is 19.9. The molecular weight excluding hydrogens is 973 g/mol. The topological polar surface area (TPSA) is 41.5 Å². The van der Waals surface area contributed by atoms with Crippen LogP contribution in [0.2, 0.25) is 0 Å². The first kappa shape index (κ1) is 34.6. The Labute approximate surface area is 228 Å². The van der Waals surface area contributed by atoms with Gasteiger partial charge in [-0.05, 0) is 32.1 Å². The van der Waals surface area contributed by atoms with Crippen LogP contribution in [-0.2, 0) is 19.2 Å². The Morgan fingerprint density at radius 3 is 1.65 bits per heavy atom. The summed E-state index contributed by atoms with van der Waals surface area (Å²) in [7, 11) is 0.628. The van der Waals surface area contributed by atoms with Crippen molar-refractivity contribution in [2.24, 2.45) is 22.2 Å². The number of carbonyl (C=O) groups is 1. The molecule has 0 aromatic carbocycles. The van der Waals surface area contributed by atoms with Gasteiger partial charge in [0.05, 0.1) is 5.54 Å². The maximum absolute atomic E-state index is 10.2. The molecule has 0 aliphatic carbocycles. The fourth-order valence-corrected chi connectivity index (χ4v) is 2.08. The van der Waals surface area contributed by atoms with Gasteiger partial charge in [0.25, 0.3) is 0 Å². The molecule has 1 rings (SSSR count). The second-order valence-corrected chi connectivity index (χ2v) is 54.5. The van der Waals surface area contributed by atoms with Crippen LogP contribution in [0.4, 0.5) is 0 Å². The minimum absolute atomic E-state index is 0.0544. The van der Waals surface area contributed by atoms with Crippen LogP contribution >= 0.6 is 99.9 Å². The number of nitrogens with one attached hydrogen (secondary N) is 1. The Morgan fingerprint density at radius 1 is 1.23 bits per heavy atom. The van der Waals surface area contributed by atoms with Crippen LogP contribution in [0.5, 0.6) is 0 Å². The molecule has 0 bridgehead atoms. The summed E-state index contributed by atoms with van der Waals surface area (Å²) in [5.41, 5.74) is 1.74. The van der Waals surface area contributed by atoms with Crippen molar-refractivity contribution in [3.8, 4) is 0 Å². The van der Waals surface area contributed by atoms with E-state index in [1.54, 1.807) is 0 Å². The van der Waals surface area contributed by atoms with Gasteiger partial charge in [-0.15, -0.1) is 0 Å². The van der Waals surface area contributed by atoms with Crippen LogP contribution in [0.1, 0.15) is 62.3 Å². The molecule has 1 unspecified atom stereocenters. The third kappa shape index (κ3) is 18.7. The summed E-state index contributed by atoms with van der Waals surface area (Å²) in [6.07, 6.45) is 0. The van der Waals surface area contributed by atoms with Gasteiger partial charge in [-0.25, -0.2) is 0 Å². The number of halogens is 5. The normalized spacial score (nSPS) is 19.1. The molecule has 0 aromatic heterocycles. The van der Waals surface area contributed by atoms with Crippen molar-refractivity contribution in [1.82, 2.24) is 5.32 Å². The zero-order chi connectivity index (χ0) is 21.7. The summed E-state index contributed by atoms with van der Waals surface area (Å²) in [4.78, 5) is 14.6. The van der Waals surface area contributed by atoms with E-state index >= 15 is 0 Å². The molecule has 26 heavy (non-hydrogen) atoms. The first-order valence-corrected chi connectivity index (χ1v) is 30.6. The number of amides is 1. The molecule has 1 aliphatic heterocycles. The van der Waals surface area contributed by atoms with Gasteiger partial charge in [0, 0.05) is 25.1 Å². The average molecular weight is 1000 g/mol. The molecular formula is C16H32I5N2OV2. The zero-order valence-electron chi connectivity index (χ0n) is 17.0. The average Bonchev–Trinajstić information content (AvgIpc) is 2.57. The predicted molar refractivity (Wildman–Crippen MR) is 154 cm³/mol. The molecule has 0 aromatic rings. The molecule has 157 valence electrons. The minimum atomic E-state index is -0.278. The van der Waals surface area contributed by atoms with Crippen molar-refractivity contribution in [3.63, 3.8) is 0 Å². The van der Waals surface area contributed by atoms with E-state index in [-0.39, 0.29) is 16.4 Å². The van der Waals surface area contributed by atoms with Gasteiger partial charge in [0.2, 0.25) is 5.91 Å². The number of aliphatic imine (C=N–C) groups is 1. The van der Waals surface area contributed by atoms with Gasteiger partial charge in [-0.2, -0.15) is 0 Å². The van der Waals surface area contributed by atoms with Crippen molar-refractivity contribution >= 4 is 112 Å². The second-order valence-electron chi connectivity index (χ2n) is 7.34. The molecule has 10 heteroatoms.